The molecule has 98 valence electrons. The lowest BCUT2D eigenvalue weighted by Crippen LogP contribution is -2.26. The standard InChI is InChI=1S/C10H15N5O2S/c1-18(16,17)8-4-2-7(3-5-8)6-14-10(13)15-9(11)12/h2-5H,6H2,1H3,(H6,11,12,13,14,15). The van der Waals surface area contributed by atoms with Gasteiger partial charge in [-0.05, 0) is 17.7 Å². The fraction of sp³-hybridized carbons (Fsp3) is 0.200. The third-order valence-electron chi connectivity index (χ3n) is 2.02. The Bertz CT molecular complexity index is 571. The maximum absolute atomic E-state index is 11.2. The second-order valence-electron chi connectivity index (χ2n) is 3.63. The number of nitrogens with zero attached hydrogens (tertiary/aromatic N) is 2. The molecule has 1 aromatic carbocycles. The Balaban J connectivity index is 2.80. The second-order valence-corrected chi connectivity index (χ2v) is 5.64. The van der Waals surface area contributed by atoms with Crippen molar-refractivity contribution in [1.29, 1.82) is 0 Å². The lowest BCUT2D eigenvalue weighted by Gasteiger charge is -2.00. The number of benzene rings is 1. The number of aliphatic imine (C=N–C) groups is 2. The zero-order chi connectivity index (χ0) is 13.8. The monoisotopic (exact) mass is 269 g/mol. The average molecular weight is 269 g/mol. The molecule has 0 amide bonds. The van der Waals surface area contributed by atoms with Gasteiger partial charge in [-0.3, -0.25) is 0 Å². The van der Waals surface area contributed by atoms with Gasteiger partial charge in [-0.1, -0.05) is 12.1 Å². The van der Waals surface area contributed by atoms with Crippen molar-refractivity contribution in [2.75, 3.05) is 6.26 Å². The molecule has 6 N–H and O–H groups in total. The lowest BCUT2D eigenvalue weighted by atomic mass is 10.2. The Hall–Kier alpha value is -2.09. The van der Waals surface area contributed by atoms with Crippen LogP contribution in [0.4, 0.5) is 0 Å². The summed E-state index contributed by atoms with van der Waals surface area (Å²) in [6.45, 7) is 0.270. The van der Waals surface area contributed by atoms with Crippen molar-refractivity contribution in [1.82, 2.24) is 0 Å². The molecule has 7 nitrogen and oxygen atoms in total. The van der Waals surface area contributed by atoms with Gasteiger partial charge in [0, 0.05) is 6.26 Å². The van der Waals surface area contributed by atoms with Crippen molar-refractivity contribution < 1.29 is 8.42 Å². The molecule has 18 heavy (non-hydrogen) atoms. The van der Waals surface area contributed by atoms with E-state index in [0.29, 0.717) is 0 Å². The SMILES string of the molecule is CS(=O)(=O)c1ccc(CN=C(N)N=C(N)N)cc1. The number of hydrogen-bond donors (Lipinski definition) is 3. The van der Waals surface area contributed by atoms with Crippen LogP contribution in [0.5, 0.6) is 0 Å². The normalized spacial score (nSPS) is 12.2. The predicted octanol–water partition coefficient (Wildman–Crippen LogP) is -0.822. The van der Waals surface area contributed by atoms with E-state index in [1.54, 1.807) is 12.1 Å². The van der Waals surface area contributed by atoms with Crippen molar-refractivity contribution in [2.45, 2.75) is 11.4 Å². The molecule has 1 rings (SSSR count). The molecule has 0 saturated carbocycles. The van der Waals surface area contributed by atoms with Crippen LogP contribution >= 0.6 is 0 Å². The molecule has 0 unspecified atom stereocenters. The predicted molar refractivity (Wildman–Crippen MR) is 70.7 cm³/mol. The molecule has 0 spiro atoms. The summed E-state index contributed by atoms with van der Waals surface area (Å²) in [6, 6.07) is 6.33. The summed E-state index contributed by atoms with van der Waals surface area (Å²) in [7, 11) is -3.18. The van der Waals surface area contributed by atoms with Gasteiger partial charge in [-0.15, -0.1) is 0 Å². The summed E-state index contributed by atoms with van der Waals surface area (Å²) in [4.78, 5) is 7.73. The Morgan fingerprint density at radius 2 is 1.72 bits per heavy atom. The summed E-state index contributed by atoms with van der Waals surface area (Å²) in [6.07, 6.45) is 1.15. The van der Waals surface area contributed by atoms with E-state index in [0.717, 1.165) is 11.8 Å². The van der Waals surface area contributed by atoms with Gasteiger partial charge >= 0.3 is 0 Å². The molecule has 0 bridgehead atoms. The minimum absolute atomic E-state index is 0.0258. The summed E-state index contributed by atoms with van der Waals surface area (Å²) in [5.74, 6) is -0.189. The molecule has 0 fully saturated rings. The molecule has 0 aliphatic heterocycles. The highest BCUT2D eigenvalue weighted by molar-refractivity contribution is 7.90. The number of hydrogen-bond acceptors (Lipinski definition) is 3. The highest BCUT2D eigenvalue weighted by atomic mass is 32.2. The maximum atomic E-state index is 11.2. The van der Waals surface area contributed by atoms with E-state index in [1.165, 1.54) is 12.1 Å². The molecule has 0 aromatic heterocycles. The van der Waals surface area contributed by atoms with Crippen LogP contribution in [0.2, 0.25) is 0 Å². The number of rotatable bonds is 3. The zero-order valence-corrected chi connectivity index (χ0v) is 10.7. The second kappa shape index (κ2) is 5.50. The van der Waals surface area contributed by atoms with Crippen LogP contribution < -0.4 is 17.2 Å². The van der Waals surface area contributed by atoms with Crippen LogP contribution in [0, 0.1) is 0 Å². The lowest BCUT2D eigenvalue weighted by molar-refractivity contribution is 0.602. The minimum Gasteiger partial charge on any atom is -0.370 e. The van der Waals surface area contributed by atoms with E-state index in [4.69, 9.17) is 17.2 Å². The first-order chi connectivity index (χ1) is 8.29. The van der Waals surface area contributed by atoms with Crippen molar-refractivity contribution in [3.8, 4) is 0 Å². The van der Waals surface area contributed by atoms with Crippen LogP contribution in [-0.2, 0) is 16.4 Å². The largest absolute Gasteiger partial charge is 0.370 e. The average Bonchev–Trinajstić information content (AvgIpc) is 2.25. The van der Waals surface area contributed by atoms with Gasteiger partial charge in [0.25, 0.3) is 0 Å². The van der Waals surface area contributed by atoms with E-state index in [2.05, 4.69) is 9.98 Å². The number of guanidine groups is 2. The van der Waals surface area contributed by atoms with Gasteiger partial charge in [0.2, 0.25) is 5.96 Å². The van der Waals surface area contributed by atoms with Crippen LogP contribution in [0.15, 0.2) is 39.1 Å². The van der Waals surface area contributed by atoms with Gasteiger partial charge < -0.3 is 17.2 Å². The smallest absolute Gasteiger partial charge is 0.218 e. The van der Waals surface area contributed by atoms with Gasteiger partial charge in [0.05, 0.1) is 11.4 Å². The Kier molecular flexibility index (Phi) is 4.27. The molecular weight excluding hydrogens is 254 g/mol. The molecule has 0 aliphatic carbocycles. The summed E-state index contributed by atoms with van der Waals surface area (Å²) in [5, 5.41) is 0. The van der Waals surface area contributed by atoms with E-state index in [1.807, 2.05) is 0 Å². The molecule has 1 aromatic rings. The fourth-order valence-corrected chi connectivity index (χ4v) is 1.81. The first-order valence-electron chi connectivity index (χ1n) is 4.97. The van der Waals surface area contributed by atoms with Crippen molar-refractivity contribution in [2.24, 2.45) is 27.2 Å². The molecule has 0 saturated heterocycles. The first-order valence-corrected chi connectivity index (χ1v) is 6.87. The van der Waals surface area contributed by atoms with Gasteiger partial charge in [-0.2, -0.15) is 4.99 Å². The summed E-state index contributed by atoms with van der Waals surface area (Å²) >= 11 is 0. The Labute approximate surface area is 105 Å². The molecule has 0 atom stereocenters. The van der Waals surface area contributed by atoms with Gasteiger partial charge in [-0.25, -0.2) is 13.4 Å². The van der Waals surface area contributed by atoms with Crippen LogP contribution in [0.1, 0.15) is 5.56 Å². The van der Waals surface area contributed by atoms with Crippen LogP contribution in [0.3, 0.4) is 0 Å². The number of nitrogens with two attached hydrogens (primary N) is 3. The van der Waals surface area contributed by atoms with Gasteiger partial charge in [0.1, 0.15) is 0 Å². The quantitative estimate of drug-likeness (QED) is 0.486. The van der Waals surface area contributed by atoms with E-state index in [-0.39, 0.29) is 23.4 Å². The number of sulfone groups is 1. The highest BCUT2D eigenvalue weighted by Crippen LogP contribution is 2.10. The highest BCUT2D eigenvalue weighted by Gasteiger charge is 2.05. The third-order valence-corrected chi connectivity index (χ3v) is 3.15. The van der Waals surface area contributed by atoms with Crippen LogP contribution in [-0.4, -0.2) is 26.6 Å². The van der Waals surface area contributed by atoms with Crippen molar-refractivity contribution in [3.63, 3.8) is 0 Å². The molecule has 0 aliphatic rings. The van der Waals surface area contributed by atoms with E-state index in [9.17, 15) is 8.42 Å². The first kappa shape index (κ1) is 14.0. The van der Waals surface area contributed by atoms with Crippen molar-refractivity contribution in [3.05, 3.63) is 29.8 Å². The maximum Gasteiger partial charge on any atom is 0.218 e. The molecular formula is C10H15N5O2S. The fourth-order valence-electron chi connectivity index (χ4n) is 1.18. The third kappa shape index (κ3) is 4.42. The van der Waals surface area contributed by atoms with E-state index >= 15 is 0 Å². The Morgan fingerprint density at radius 3 is 2.17 bits per heavy atom. The molecule has 8 heteroatoms. The summed E-state index contributed by atoms with van der Waals surface area (Å²) < 4.78 is 22.5. The minimum atomic E-state index is -3.18. The Morgan fingerprint density at radius 1 is 1.17 bits per heavy atom. The zero-order valence-electron chi connectivity index (χ0n) is 9.87. The van der Waals surface area contributed by atoms with E-state index < -0.39 is 9.84 Å². The summed E-state index contributed by atoms with van der Waals surface area (Å²) in [5.41, 5.74) is 16.5. The topological polar surface area (TPSA) is 137 Å². The molecule has 0 radical (unpaired) electrons. The molecule has 0 heterocycles. The van der Waals surface area contributed by atoms with Gasteiger partial charge in [0.15, 0.2) is 15.8 Å². The van der Waals surface area contributed by atoms with Crippen LogP contribution in [0.25, 0.3) is 0 Å². The van der Waals surface area contributed by atoms with Crippen molar-refractivity contribution >= 4 is 21.8 Å².